The summed E-state index contributed by atoms with van der Waals surface area (Å²) in [5, 5.41) is 27.8. The summed E-state index contributed by atoms with van der Waals surface area (Å²) in [7, 11) is 0. The van der Waals surface area contributed by atoms with Gasteiger partial charge < -0.3 is 19.9 Å². The Morgan fingerprint density at radius 3 is 1.62 bits per heavy atom. The summed E-state index contributed by atoms with van der Waals surface area (Å²) in [6.07, 6.45) is 4.24. The molecule has 0 saturated heterocycles. The Bertz CT molecular complexity index is 716. The molecule has 0 unspecified atom stereocenters. The molecule has 0 spiro atoms. The van der Waals surface area contributed by atoms with E-state index in [2.05, 4.69) is 10.3 Å². The molecule has 2 N–H and O–H groups in total. The average Bonchev–Trinajstić information content (AvgIpc) is 2.62. The first-order valence-corrected chi connectivity index (χ1v) is 8.59. The van der Waals surface area contributed by atoms with Gasteiger partial charge in [-0.2, -0.15) is 0 Å². The molecule has 0 aliphatic rings. The van der Waals surface area contributed by atoms with E-state index in [1.807, 2.05) is 0 Å². The number of nitrogens with zero attached hydrogens (tertiary/aromatic N) is 2. The second-order valence-electron chi connectivity index (χ2n) is 5.25. The van der Waals surface area contributed by atoms with Crippen LogP contribution in [0.3, 0.4) is 0 Å². The van der Waals surface area contributed by atoms with Crippen molar-refractivity contribution in [2.45, 2.75) is 12.8 Å². The van der Waals surface area contributed by atoms with Gasteiger partial charge in [0.1, 0.15) is 24.7 Å². The molecule has 6 nitrogen and oxygen atoms in total. The summed E-state index contributed by atoms with van der Waals surface area (Å²) in [5.41, 5.74) is 0.971. The van der Waals surface area contributed by atoms with Gasteiger partial charge in [0.15, 0.2) is 0 Å². The molecular weight excluding hydrogens is 379 g/mol. The van der Waals surface area contributed by atoms with E-state index in [0.717, 1.165) is 12.8 Å². The monoisotopic (exact) mass is 396 g/mol. The highest BCUT2D eigenvalue weighted by molar-refractivity contribution is 6.31. The summed E-state index contributed by atoms with van der Waals surface area (Å²) in [6.45, 7) is 0.806. The Morgan fingerprint density at radius 2 is 1.19 bits per heavy atom. The number of hydrogen-bond donors (Lipinski definition) is 2. The zero-order valence-electron chi connectivity index (χ0n) is 13.8. The van der Waals surface area contributed by atoms with E-state index < -0.39 is 0 Å². The molecule has 0 bridgehead atoms. The third kappa shape index (κ3) is 6.82. The second-order valence-corrected chi connectivity index (χ2v) is 6.12. The number of phenols is 2. The van der Waals surface area contributed by atoms with Gasteiger partial charge >= 0.3 is 0 Å². The average molecular weight is 397 g/mol. The minimum atomic E-state index is 0.0822. The van der Waals surface area contributed by atoms with Crippen molar-refractivity contribution in [3.05, 3.63) is 57.6 Å². The Hall–Kier alpha value is -2.44. The van der Waals surface area contributed by atoms with Crippen LogP contribution >= 0.6 is 23.2 Å². The maximum Gasteiger partial charge on any atom is 0.124 e. The predicted octanol–water partition coefficient (Wildman–Crippen LogP) is 4.59. The van der Waals surface area contributed by atoms with Crippen LogP contribution in [0.4, 0.5) is 0 Å². The topological polar surface area (TPSA) is 83.6 Å². The Morgan fingerprint density at radius 1 is 0.769 bits per heavy atom. The number of aromatic hydroxyl groups is 2. The van der Waals surface area contributed by atoms with Gasteiger partial charge in [0.2, 0.25) is 0 Å². The third-order valence-electron chi connectivity index (χ3n) is 3.23. The fourth-order valence-corrected chi connectivity index (χ4v) is 2.25. The van der Waals surface area contributed by atoms with Gasteiger partial charge in [0, 0.05) is 21.2 Å². The number of phenolic OH excluding ortho intramolecular Hbond substituents is 2. The van der Waals surface area contributed by atoms with E-state index in [1.165, 1.54) is 24.6 Å². The molecule has 0 heterocycles. The molecule has 8 heteroatoms. The quantitative estimate of drug-likeness (QED) is 0.368. The first-order chi connectivity index (χ1) is 12.6. The van der Waals surface area contributed by atoms with E-state index in [1.54, 1.807) is 24.3 Å². The lowest BCUT2D eigenvalue weighted by molar-refractivity contribution is 0.112. The van der Waals surface area contributed by atoms with Crippen LogP contribution in [0, 0.1) is 0 Å². The summed E-state index contributed by atoms with van der Waals surface area (Å²) in [6, 6.07) is 9.34. The molecule has 0 aliphatic heterocycles. The van der Waals surface area contributed by atoms with E-state index in [0.29, 0.717) is 34.4 Å². The Balaban J connectivity index is 1.59. The molecule has 0 atom stereocenters. The maximum atomic E-state index is 9.61. The Kier molecular flexibility index (Phi) is 8.05. The first-order valence-electron chi connectivity index (χ1n) is 7.84. The summed E-state index contributed by atoms with van der Waals surface area (Å²) >= 11 is 11.7. The SMILES string of the molecule is Oc1ccc(Cl)cc1/C=N/OCCCCO/N=C/c1cc(Cl)ccc1O. The summed E-state index contributed by atoms with van der Waals surface area (Å²) in [5.74, 6) is 0.164. The minimum Gasteiger partial charge on any atom is -0.507 e. The molecule has 0 aromatic heterocycles. The molecule has 2 aromatic carbocycles. The van der Waals surface area contributed by atoms with Crippen molar-refractivity contribution in [2.75, 3.05) is 13.2 Å². The third-order valence-corrected chi connectivity index (χ3v) is 3.70. The molecule has 0 saturated carbocycles. The fraction of sp³-hybridized carbons (Fsp3) is 0.222. The molecule has 0 radical (unpaired) electrons. The van der Waals surface area contributed by atoms with E-state index in [4.69, 9.17) is 32.9 Å². The number of benzene rings is 2. The highest BCUT2D eigenvalue weighted by Gasteiger charge is 2.00. The van der Waals surface area contributed by atoms with Crippen molar-refractivity contribution in [1.82, 2.24) is 0 Å². The predicted molar refractivity (Wildman–Crippen MR) is 103 cm³/mol. The minimum absolute atomic E-state index is 0.0822. The van der Waals surface area contributed by atoms with Gasteiger partial charge in [-0.1, -0.05) is 33.5 Å². The number of rotatable bonds is 9. The number of hydrogen-bond acceptors (Lipinski definition) is 6. The highest BCUT2D eigenvalue weighted by atomic mass is 35.5. The van der Waals surface area contributed by atoms with Crippen LogP contribution in [0.25, 0.3) is 0 Å². The van der Waals surface area contributed by atoms with Crippen LogP contribution < -0.4 is 0 Å². The van der Waals surface area contributed by atoms with E-state index in [-0.39, 0.29) is 11.5 Å². The lowest BCUT2D eigenvalue weighted by atomic mass is 10.2. The molecule has 2 rings (SSSR count). The first kappa shape index (κ1) is 19.9. The van der Waals surface area contributed by atoms with Crippen molar-refractivity contribution in [2.24, 2.45) is 10.3 Å². The molecule has 26 heavy (non-hydrogen) atoms. The number of oxime groups is 2. The van der Waals surface area contributed by atoms with Gasteiger partial charge in [-0.25, -0.2) is 0 Å². The van der Waals surface area contributed by atoms with Crippen molar-refractivity contribution in [3.8, 4) is 11.5 Å². The molecule has 0 amide bonds. The van der Waals surface area contributed by atoms with Gasteiger partial charge in [0.05, 0.1) is 12.4 Å². The smallest absolute Gasteiger partial charge is 0.124 e. The lowest BCUT2D eigenvalue weighted by Crippen LogP contribution is -1.94. The normalized spacial score (nSPS) is 11.3. The van der Waals surface area contributed by atoms with Crippen LogP contribution in [0.1, 0.15) is 24.0 Å². The molecule has 0 fully saturated rings. The standard InChI is InChI=1S/C18H18Cl2N2O4/c19-15-3-5-17(23)13(9-15)11-21-25-7-1-2-8-26-22-12-14-10-16(20)4-6-18(14)24/h3-6,9-12,23-24H,1-2,7-8H2/b21-11+,22-12+. The van der Waals surface area contributed by atoms with E-state index >= 15 is 0 Å². The summed E-state index contributed by atoms with van der Waals surface area (Å²) < 4.78 is 0. The van der Waals surface area contributed by atoms with Gasteiger partial charge in [0.25, 0.3) is 0 Å². The van der Waals surface area contributed by atoms with Crippen molar-refractivity contribution in [1.29, 1.82) is 0 Å². The van der Waals surface area contributed by atoms with Crippen LogP contribution in [-0.2, 0) is 9.68 Å². The molecule has 0 aliphatic carbocycles. The van der Waals surface area contributed by atoms with Gasteiger partial charge in [-0.15, -0.1) is 0 Å². The molecule has 2 aromatic rings. The molecule has 138 valence electrons. The van der Waals surface area contributed by atoms with Crippen LogP contribution in [-0.4, -0.2) is 35.9 Å². The molecular formula is C18H18Cl2N2O4. The Labute approximate surface area is 161 Å². The maximum absolute atomic E-state index is 9.61. The van der Waals surface area contributed by atoms with Crippen molar-refractivity contribution >= 4 is 35.6 Å². The zero-order valence-corrected chi connectivity index (χ0v) is 15.3. The zero-order chi connectivity index (χ0) is 18.8. The van der Waals surface area contributed by atoms with Crippen molar-refractivity contribution in [3.63, 3.8) is 0 Å². The fourth-order valence-electron chi connectivity index (χ4n) is 1.88. The number of unbranched alkanes of at least 4 members (excludes halogenated alkanes) is 1. The van der Waals surface area contributed by atoms with Crippen LogP contribution in [0.15, 0.2) is 46.7 Å². The van der Waals surface area contributed by atoms with Gasteiger partial charge in [-0.05, 0) is 49.2 Å². The lowest BCUT2D eigenvalue weighted by Gasteiger charge is -2.01. The van der Waals surface area contributed by atoms with Crippen LogP contribution in [0.5, 0.6) is 11.5 Å². The van der Waals surface area contributed by atoms with E-state index in [9.17, 15) is 10.2 Å². The second kappa shape index (κ2) is 10.5. The highest BCUT2D eigenvalue weighted by Crippen LogP contribution is 2.20. The number of halogens is 2. The largest absolute Gasteiger partial charge is 0.507 e. The van der Waals surface area contributed by atoms with Crippen molar-refractivity contribution < 1.29 is 19.9 Å². The summed E-state index contributed by atoms with van der Waals surface area (Å²) in [4.78, 5) is 10.2. The van der Waals surface area contributed by atoms with Gasteiger partial charge in [-0.3, -0.25) is 0 Å². The van der Waals surface area contributed by atoms with Crippen LogP contribution in [0.2, 0.25) is 10.0 Å².